The molecule has 0 fully saturated rings. The average Bonchev–Trinajstić information content (AvgIpc) is 2.91. The lowest BCUT2D eigenvalue weighted by molar-refractivity contribution is 0.0598. The van der Waals surface area contributed by atoms with Gasteiger partial charge >= 0.3 is 5.97 Å². The van der Waals surface area contributed by atoms with Gasteiger partial charge in [0.25, 0.3) is 5.91 Å². The number of amides is 1. The fraction of sp³-hybridized carbons (Fsp3) is 0.143. The van der Waals surface area contributed by atoms with E-state index in [4.69, 9.17) is 16.3 Å². The maximum Gasteiger partial charge on any atom is 0.338 e. The molecule has 20 heavy (non-hydrogen) atoms. The number of carbonyl (C=O) groups excluding carboxylic acids is 2. The van der Waals surface area contributed by atoms with Gasteiger partial charge in [0.1, 0.15) is 0 Å². The van der Waals surface area contributed by atoms with Gasteiger partial charge in [-0.15, -0.1) is 11.3 Å². The molecule has 6 heteroatoms. The molecule has 0 atom stereocenters. The zero-order chi connectivity index (χ0) is 14.5. The molecule has 0 saturated heterocycles. The molecule has 0 spiro atoms. The lowest BCUT2D eigenvalue weighted by Gasteiger charge is -2.08. The van der Waals surface area contributed by atoms with Crippen molar-refractivity contribution < 1.29 is 14.3 Å². The molecule has 0 radical (unpaired) electrons. The first-order valence-corrected chi connectivity index (χ1v) is 7.01. The van der Waals surface area contributed by atoms with Crippen molar-refractivity contribution in [1.29, 1.82) is 0 Å². The maximum atomic E-state index is 11.9. The van der Waals surface area contributed by atoms with Gasteiger partial charge in [-0.1, -0.05) is 29.8 Å². The number of rotatable bonds is 4. The van der Waals surface area contributed by atoms with Crippen molar-refractivity contribution in [3.8, 4) is 0 Å². The van der Waals surface area contributed by atoms with Crippen LogP contribution in [0.15, 0.2) is 36.4 Å². The molecule has 1 amide bonds. The number of nitrogens with one attached hydrogen (secondary N) is 1. The molecule has 0 bridgehead atoms. The monoisotopic (exact) mass is 309 g/mol. The van der Waals surface area contributed by atoms with Crippen LogP contribution in [0.3, 0.4) is 0 Å². The number of methoxy groups -OCH3 is 1. The van der Waals surface area contributed by atoms with E-state index in [1.54, 1.807) is 36.4 Å². The van der Waals surface area contributed by atoms with E-state index in [0.29, 0.717) is 20.3 Å². The Balaban J connectivity index is 2.08. The largest absolute Gasteiger partial charge is 0.465 e. The van der Waals surface area contributed by atoms with Crippen molar-refractivity contribution in [3.05, 3.63) is 56.7 Å². The van der Waals surface area contributed by atoms with E-state index in [1.807, 2.05) is 0 Å². The van der Waals surface area contributed by atoms with Crippen molar-refractivity contribution in [2.45, 2.75) is 6.54 Å². The highest BCUT2D eigenvalue weighted by molar-refractivity contribution is 7.17. The molecule has 1 aromatic heterocycles. The molecule has 0 aliphatic heterocycles. The standard InChI is InChI=1S/C14H12ClNO3S/c1-19-14(18)10-5-3-2-4-9(10)8-16-13(17)11-6-7-12(15)20-11/h2-7H,8H2,1H3,(H,16,17). The first-order chi connectivity index (χ1) is 9.61. The highest BCUT2D eigenvalue weighted by atomic mass is 35.5. The minimum atomic E-state index is -0.422. The Morgan fingerprint density at radius 3 is 2.65 bits per heavy atom. The number of halogens is 1. The fourth-order valence-electron chi connectivity index (χ4n) is 1.68. The minimum absolute atomic E-state index is 0.221. The Morgan fingerprint density at radius 2 is 2.00 bits per heavy atom. The smallest absolute Gasteiger partial charge is 0.338 e. The van der Waals surface area contributed by atoms with Crippen molar-refractivity contribution in [2.24, 2.45) is 0 Å². The van der Waals surface area contributed by atoms with Crippen LogP contribution in [0.1, 0.15) is 25.6 Å². The molecule has 1 N–H and O–H groups in total. The summed E-state index contributed by atoms with van der Waals surface area (Å²) in [7, 11) is 1.32. The van der Waals surface area contributed by atoms with E-state index in [1.165, 1.54) is 18.4 Å². The molecule has 2 rings (SSSR count). The van der Waals surface area contributed by atoms with Crippen LogP contribution in [0.25, 0.3) is 0 Å². The molecular formula is C14H12ClNO3S. The Hall–Kier alpha value is -1.85. The summed E-state index contributed by atoms with van der Waals surface area (Å²) in [4.78, 5) is 24.0. The molecule has 0 unspecified atom stereocenters. The number of benzene rings is 1. The number of thiophene rings is 1. The summed E-state index contributed by atoms with van der Waals surface area (Å²) in [6.45, 7) is 0.250. The summed E-state index contributed by atoms with van der Waals surface area (Å²) < 4.78 is 5.26. The predicted molar refractivity (Wildman–Crippen MR) is 78.3 cm³/mol. The third-order valence-electron chi connectivity index (χ3n) is 2.66. The van der Waals surface area contributed by atoms with Gasteiger partial charge in [-0.2, -0.15) is 0 Å². The van der Waals surface area contributed by atoms with Gasteiger partial charge in [0.2, 0.25) is 0 Å². The molecule has 104 valence electrons. The van der Waals surface area contributed by atoms with Crippen LogP contribution < -0.4 is 5.32 Å². The maximum absolute atomic E-state index is 11.9. The van der Waals surface area contributed by atoms with Gasteiger partial charge < -0.3 is 10.1 Å². The summed E-state index contributed by atoms with van der Waals surface area (Å²) >= 11 is 6.99. The molecule has 0 saturated carbocycles. The zero-order valence-electron chi connectivity index (χ0n) is 10.7. The van der Waals surface area contributed by atoms with E-state index in [-0.39, 0.29) is 12.5 Å². The van der Waals surface area contributed by atoms with E-state index >= 15 is 0 Å². The lowest BCUT2D eigenvalue weighted by atomic mass is 10.1. The predicted octanol–water partition coefficient (Wildman–Crippen LogP) is 3.12. The van der Waals surface area contributed by atoms with Crippen LogP contribution in [-0.4, -0.2) is 19.0 Å². The Kier molecular flexibility index (Phi) is 4.76. The Labute approximate surface area is 125 Å². The molecule has 4 nitrogen and oxygen atoms in total. The topological polar surface area (TPSA) is 55.4 Å². The third-order valence-corrected chi connectivity index (χ3v) is 3.89. The highest BCUT2D eigenvalue weighted by Crippen LogP contribution is 2.21. The van der Waals surface area contributed by atoms with Crippen molar-refractivity contribution in [1.82, 2.24) is 5.32 Å². The summed E-state index contributed by atoms with van der Waals surface area (Å²) in [5.41, 5.74) is 1.15. The highest BCUT2D eigenvalue weighted by Gasteiger charge is 2.13. The van der Waals surface area contributed by atoms with E-state index < -0.39 is 5.97 Å². The van der Waals surface area contributed by atoms with Gasteiger partial charge in [0.05, 0.1) is 21.9 Å². The van der Waals surface area contributed by atoms with Crippen molar-refractivity contribution in [2.75, 3.05) is 7.11 Å². The van der Waals surface area contributed by atoms with Gasteiger partial charge in [-0.05, 0) is 23.8 Å². The number of hydrogen-bond acceptors (Lipinski definition) is 4. The second-order valence-electron chi connectivity index (χ2n) is 3.94. The number of ether oxygens (including phenoxy) is 1. The van der Waals surface area contributed by atoms with Crippen LogP contribution >= 0.6 is 22.9 Å². The van der Waals surface area contributed by atoms with Crippen LogP contribution in [0.5, 0.6) is 0 Å². The molecule has 2 aromatic rings. The number of hydrogen-bond donors (Lipinski definition) is 1. The van der Waals surface area contributed by atoms with Gasteiger partial charge in [0, 0.05) is 6.54 Å². The van der Waals surface area contributed by atoms with Crippen LogP contribution in [0.2, 0.25) is 4.34 Å². The Bertz CT molecular complexity index is 639. The molecule has 1 heterocycles. The quantitative estimate of drug-likeness (QED) is 0.883. The lowest BCUT2D eigenvalue weighted by Crippen LogP contribution is -2.23. The normalized spacial score (nSPS) is 10.1. The number of carbonyl (C=O) groups is 2. The van der Waals surface area contributed by atoms with Crippen LogP contribution in [-0.2, 0) is 11.3 Å². The first-order valence-electron chi connectivity index (χ1n) is 5.81. The van der Waals surface area contributed by atoms with E-state index in [2.05, 4.69) is 5.32 Å². The first kappa shape index (κ1) is 14.6. The minimum Gasteiger partial charge on any atom is -0.465 e. The number of esters is 1. The SMILES string of the molecule is COC(=O)c1ccccc1CNC(=O)c1ccc(Cl)s1. The average molecular weight is 310 g/mol. The molecule has 1 aromatic carbocycles. The Morgan fingerprint density at radius 1 is 1.25 bits per heavy atom. The van der Waals surface area contributed by atoms with E-state index in [9.17, 15) is 9.59 Å². The van der Waals surface area contributed by atoms with Crippen molar-refractivity contribution in [3.63, 3.8) is 0 Å². The van der Waals surface area contributed by atoms with Crippen LogP contribution in [0, 0.1) is 0 Å². The summed E-state index contributed by atoms with van der Waals surface area (Å²) in [5, 5.41) is 2.75. The third kappa shape index (κ3) is 3.37. The summed E-state index contributed by atoms with van der Waals surface area (Å²) in [6, 6.07) is 10.3. The van der Waals surface area contributed by atoms with Gasteiger partial charge in [-0.25, -0.2) is 4.79 Å². The van der Waals surface area contributed by atoms with Gasteiger partial charge in [0.15, 0.2) is 0 Å². The van der Waals surface area contributed by atoms with E-state index in [0.717, 1.165) is 0 Å². The summed E-state index contributed by atoms with van der Waals surface area (Å²) in [6.07, 6.45) is 0. The summed E-state index contributed by atoms with van der Waals surface area (Å²) in [5.74, 6) is -0.643. The van der Waals surface area contributed by atoms with Gasteiger partial charge in [-0.3, -0.25) is 4.79 Å². The van der Waals surface area contributed by atoms with Crippen molar-refractivity contribution >= 4 is 34.8 Å². The molecular weight excluding hydrogens is 298 g/mol. The molecule has 0 aliphatic rings. The second-order valence-corrected chi connectivity index (χ2v) is 5.65. The zero-order valence-corrected chi connectivity index (χ0v) is 12.3. The fourth-order valence-corrected chi connectivity index (χ4v) is 2.64. The molecule has 0 aliphatic carbocycles. The second kappa shape index (κ2) is 6.54. The van der Waals surface area contributed by atoms with Crippen LogP contribution in [0.4, 0.5) is 0 Å².